The zero-order valence-electron chi connectivity index (χ0n) is 6.97. The summed E-state index contributed by atoms with van der Waals surface area (Å²) >= 11 is 5.64. The molecule has 1 aromatic rings. The van der Waals surface area contributed by atoms with Gasteiger partial charge in [0.1, 0.15) is 0 Å². The van der Waals surface area contributed by atoms with Gasteiger partial charge >= 0.3 is 35.5 Å². The van der Waals surface area contributed by atoms with E-state index < -0.39 is 5.97 Å². The van der Waals surface area contributed by atoms with Crippen LogP contribution in [-0.2, 0) is 0 Å². The maximum absolute atomic E-state index is 10.4. The average Bonchev–Trinajstić information content (AvgIpc) is 1.85. The van der Waals surface area contributed by atoms with Crippen molar-refractivity contribution in [2.24, 2.45) is 0 Å². The van der Waals surface area contributed by atoms with Crippen LogP contribution < -0.4 is 29.6 Å². The molecule has 0 radical (unpaired) electrons. The number of carboxylic acid groups (broad SMARTS) is 1. The molecule has 0 aliphatic heterocycles. The summed E-state index contributed by atoms with van der Waals surface area (Å²) in [5.41, 5.74) is 1.11. The van der Waals surface area contributed by atoms with Crippen LogP contribution in [0.25, 0.3) is 0 Å². The van der Waals surface area contributed by atoms with Crippen LogP contribution in [0.3, 0.4) is 0 Å². The summed E-state index contributed by atoms with van der Waals surface area (Å²) in [5.74, 6) is -0.991. The van der Waals surface area contributed by atoms with E-state index in [4.69, 9.17) is 16.7 Å². The number of hydrogen-bond acceptors (Lipinski definition) is 1. The minimum atomic E-state index is -0.991. The fourth-order valence-corrected chi connectivity index (χ4v) is 1.11. The molecule has 0 bridgehead atoms. The maximum atomic E-state index is 10.4. The molecule has 0 saturated heterocycles. The van der Waals surface area contributed by atoms with Gasteiger partial charge in [-0.25, -0.2) is 4.79 Å². The van der Waals surface area contributed by atoms with E-state index in [0.29, 0.717) is 0 Å². The number of carboxylic acids is 1. The van der Waals surface area contributed by atoms with Crippen LogP contribution >= 0.6 is 11.6 Å². The van der Waals surface area contributed by atoms with Crippen LogP contribution in [0.2, 0.25) is 5.02 Å². The largest absolute Gasteiger partial charge is 1.00 e. The zero-order valence-corrected chi connectivity index (χ0v) is 9.72. The number of carbonyl (C=O) groups is 1. The Kier molecular flexibility index (Phi) is 4.87. The molecule has 0 fully saturated rings. The van der Waals surface area contributed by atoms with Crippen molar-refractivity contribution < 1.29 is 39.5 Å². The Balaban J connectivity index is 0.00000121. The van der Waals surface area contributed by atoms with Crippen LogP contribution in [0.1, 0.15) is 15.9 Å². The van der Waals surface area contributed by atoms with Crippen molar-refractivity contribution in [1.29, 1.82) is 0 Å². The number of aromatic carboxylic acids is 1. The Morgan fingerprint density at radius 2 is 2.08 bits per heavy atom. The van der Waals surface area contributed by atoms with E-state index in [-0.39, 0.29) is 40.1 Å². The maximum Gasteiger partial charge on any atom is 1.00 e. The van der Waals surface area contributed by atoms with Gasteiger partial charge < -0.3 is 5.11 Å². The van der Waals surface area contributed by atoms with E-state index in [0.717, 1.165) is 5.56 Å². The van der Waals surface area contributed by atoms with Gasteiger partial charge in [0.2, 0.25) is 0 Å². The molecule has 0 spiro atoms. The molecule has 4 heteroatoms. The summed E-state index contributed by atoms with van der Waals surface area (Å²) in [4.78, 5) is 10.4. The Hall–Kier alpha value is -0.0200. The zero-order chi connectivity index (χ0) is 8.43. The first-order chi connectivity index (χ1) is 5.11. The number of benzene rings is 1. The molecule has 0 saturated carbocycles. The second-order valence-electron chi connectivity index (χ2n) is 2.29. The first kappa shape index (κ1) is 12.0. The topological polar surface area (TPSA) is 37.3 Å². The fraction of sp³-hybridized carbons (Fsp3) is 0.125. The van der Waals surface area contributed by atoms with Gasteiger partial charge in [0.05, 0.1) is 10.6 Å². The molecule has 12 heavy (non-hydrogen) atoms. The van der Waals surface area contributed by atoms with Crippen molar-refractivity contribution >= 4 is 17.6 Å². The normalized spacial score (nSPS) is 8.83. The predicted octanol–water partition coefficient (Wildman–Crippen LogP) is -0.649. The van der Waals surface area contributed by atoms with Gasteiger partial charge in [-0.1, -0.05) is 17.7 Å². The monoisotopic (exact) mass is 193 g/mol. The molecule has 0 unspecified atom stereocenters. The molecule has 2 nitrogen and oxygen atoms in total. The molecule has 0 aliphatic carbocycles. The third kappa shape index (κ3) is 2.79. The average molecular weight is 194 g/mol. The standard InChI is InChI=1S/C8H7ClO2.Na/c1-5-2-3-6(8(10)11)7(9)4-5;/h2-4H,1H3,(H,10,11);/q;+1. The molecule has 0 heterocycles. The smallest absolute Gasteiger partial charge is 0.478 e. The van der Waals surface area contributed by atoms with Gasteiger partial charge in [0, 0.05) is 0 Å². The Morgan fingerprint density at radius 1 is 1.50 bits per heavy atom. The van der Waals surface area contributed by atoms with Gasteiger partial charge in [-0.3, -0.25) is 0 Å². The van der Waals surface area contributed by atoms with Crippen molar-refractivity contribution in [3.05, 3.63) is 34.3 Å². The minimum Gasteiger partial charge on any atom is -0.478 e. The minimum absolute atomic E-state index is 0. The molecule has 0 aliphatic rings. The van der Waals surface area contributed by atoms with Gasteiger partial charge in [-0.2, -0.15) is 0 Å². The molecular formula is C8H7ClNaO2+. The van der Waals surface area contributed by atoms with Gasteiger partial charge in [0.25, 0.3) is 0 Å². The van der Waals surface area contributed by atoms with Gasteiger partial charge in [-0.15, -0.1) is 0 Å². The SMILES string of the molecule is Cc1ccc(C(=O)O)c(Cl)c1.[Na+]. The van der Waals surface area contributed by atoms with Crippen LogP contribution in [0, 0.1) is 6.92 Å². The Labute approximate surface area is 97.8 Å². The molecular weight excluding hydrogens is 187 g/mol. The fourth-order valence-electron chi connectivity index (χ4n) is 0.794. The second-order valence-corrected chi connectivity index (χ2v) is 2.70. The van der Waals surface area contributed by atoms with E-state index in [1.807, 2.05) is 6.92 Å². The predicted molar refractivity (Wildman–Crippen MR) is 43.1 cm³/mol. The van der Waals surface area contributed by atoms with Crippen molar-refractivity contribution in [1.82, 2.24) is 0 Å². The number of hydrogen-bond donors (Lipinski definition) is 1. The van der Waals surface area contributed by atoms with E-state index in [2.05, 4.69) is 0 Å². The van der Waals surface area contributed by atoms with Crippen molar-refractivity contribution in [2.75, 3.05) is 0 Å². The van der Waals surface area contributed by atoms with E-state index in [9.17, 15) is 4.79 Å². The quantitative estimate of drug-likeness (QED) is 0.602. The summed E-state index contributed by atoms with van der Waals surface area (Å²) in [5, 5.41) is 8.86. The molecule has 1 N–H and O–H groups in total. The summed E-state index contributed by atoms with van der Waals surface area (Å²) in [7, 11) is 0. The number of halogens is 1. The molecule has 1 aromatic carbocycles. The third-order valence-electron chi connectivity index (χ3n) is 1.35. The molecule has 1 rings (SSSR count). The Morgan fingerprint density at radius 3 is 2.50 bits per heavy atom. The van der Waals surface area contributed by atoms with Crippen LogP contribution in [0.4, 0.5) is 0 Å². The van der Waals surface area contributed by atoms with Gasteiger partial charge in [-0.05, 0) is 24.6 Å². The van der Waals surface area contributed by atoms with Crippen molar-refractivity contribution in [3.63, 3.8) is 0 Å². The number of rotatable bonds is 1. The Bertz CT molecular complexity index is 299. The second kappa shape index (κ2) is 4.87. The van der Waals surface area contributed by atoms with Gasteiger partial charge in [0.15, 0.2) is 0 Å². The van der Waals surface area contributed by atoms with Crippen LogP contribution in [-0.4, -0.2) is 11.1 Å². The summed E-state index contributed by atoms with van der Waals surface area (Å²) < 4.78 is 0. The summed E-state index contributed by atoms with van der Waals surface area (Å²) in [6, 6.07) is 4.85. The van der Waals surface area contributed by atoms with E-state index in [1.54, 1.807) is 12.1 Å². The van der Waals surface area contributed by atoms with Crippen LogP contribution in [0.15, 0.2) is 18.2 Å². The van der Waals surface area contributed by atoms with Crippen molar-refractivity contribution in [2.45, 2.75) is 6.92 Å². The third-order valence-corrected chi connectivity index (χ3v) is 1.67. The summed E-state index contributed by atoms with van der Waals surface area (Å²) in [6.45, 7) is 1.86. The van der Waals surface area contributed by atoms with E-state index >= 15 is 0 Å². The first-order valence-corrected chi connectivity index (χ1v) is 3.48. The first-order valence-electron chi connectivity index (χ1n) is 3.10. The molecule has 0 atom stereocenters. The molecule has 58 valence electrons. The van der Waals surface area contributed by atoms with Crippen LogP contribution in [0.5, 0.6) is 0 Å². The van der Waals surface area contributed by atoms with E-state index in [1.165, 1.54) is 6.07 Å². The van der Waals surface area contributed by atoms with Crippen molar-refractivity contribution in [3.8, 4) is 0 Å². The number of aryl methyl sites for hydroxylation is 1. The molecule has 0 amide bonds. The molecule has 0 aromatic heterocycles. The summed E-state index contributed by atoms with van der Waals surface area (Å²) in [6.07, 6.45) is 0.